The van der Waals surface area contributed by atoms with Crippen LogP contribution in [0.3, 0.4) is 0 Å². The first-order valence-electron chi connectivity index (χ1n) is 18.8. The molecule has 5 heteroatoms. The third kappa shape index (κ3) is 4.88. The molecular formula is C51H30N4S. The molecule has 0 saturated heterocycles. The van der Waals surface area contributed by atoms with Gasteiger partial charge < -0.3 is 4.57 Å². The summed E-state index contributed by atoms with van der Waals surface area (Å²) in [5.74, 6) is 1.97. The number of hydrogen-bond acceptors (Lipinski definition) is 4. The highest BCUT2D eigenvalue weighted by Crippen LogP contribution is 2.42. The second-order valence-electron chi connectivity index (χ2n) is 14.5. The summed E-state index contributed by atoms with van der Waals surface area (Å²) in [5, 5.41) is 12.0. The van der Waals surface area contributed by atoms with Crippen LogP contribution < -0.4 is 0 Å². The summed E-state index contributed by atoms with van der Waals surface area (Å²) in [6.07, 6.45) is 0. The summed E-state index contributed by atoms with van der Waals surface area (Å²) in [6.45, 7) is 0. The third-order valence-corrected chi connectivity index (χ3v) is 12.3. The molecule has 0 fully saturated rings. The molecule has 56 heavy (non-hydrogen) atoms. The van der Waals surface area contributed by atoms with Gasteiger partial charge in [-0.25, -0.2) is 15.0 Å². The topological polar surface area (TPSA) is 43.6 Å². The molecule has 4 nitrogen and oxygen atoms in total. The van der Waals surface area contributed by atoms with Crippen molar-refractivity contribution >= 4 is 85.6 Å². The van der Waals surface area contributed by atoms with E-state index in [1.165, 1.54) is 58.1 Å². The molecule has 0 aliphatic rings. The lowest BCUT2D eigenvalue weighted by atomic mass is 10.0. The lowest BCUT2D eigenvalue weighted by Gasteiger charge is -2.11. The Morgan fingerprint density at radius 2 is 0.946 bits per heavy atom. The van der Waals surface area contributed by atoms with Gasteiger partial charge in [-0.2, -0.15) is 0 Å². The Morgan fingerprint density at radius 3 is 1.64 bits per heavy atom. The molecular weight excluding hydrogens is 701 g/mol. The smallest absolute Gasteiger partial charge is 0.164 e. The highest BCUT2D eigenvalue weighted by Gasteiger charge is 2.19. The van der Waals surface area contributed by atoms with E-state index >= 15 is 0 Å². The molecule has 0 aliphatic carbocycles. The standard InChI is InChI=1S/C51H30N4S/c1-3-12-33-26-37(22-20-31(33)10-1)49-52-50(38-23-21-32-11-2-4-13-34(32)27-38)54-51(53-49)42-17-9-19-46-48(42)41-25-24-39(30-47(41)56-46)55-44-18-8-7-16-40(44)43-28-35-14-5-6-15-36(35)29-45(43)55/h1-30H. The molecule has 3 heterocycles. The van der Waals surface area contributed by atoms with Crippen molar-refractivity contribution in [1.82, 2.24) is 19.5 Å². The SMILES string of the molecule is c1ccc2cc(-c3nc(-c4ccc5ccccc5c4)nc(-c4cccc5sc6cc(-n7c8ccccc8c8cc9ccccc9cc87)ccc6c45)n3)ccc2c1. The first kappa shape index (κ1) is 31.2. The van der Waals surface area contributed by atoms with Crippen LogP contribution >= 0.6 is 11.3 Å². The van der Waals surface area contributed by atoms with Gasteiger partial charge in [-0.3, -0.25) is 0 Å². The zero-order chi connectivity index (χ0) is 36.7. The average molecular weight is 731 g/mol. The molecule has 0 atom stereocenters. The van der Waals surface area contributed by atoms with E-state index < -0.39 is 0 Å². The van der Waals surface area contributed by atoms with Crippen molar-refractivity contribution in [2.75, 3.05) is 0 Å². The number of hydrogen-bond donors (Lipinski definition) is 0. The Morgan fingerprint density at radius 1 is 0.357 bits per heavy atom. The fraction of sp³-hybridized carbons (Fsp3) is 0. The van der Waals surface area contributed by atoms with E-state index in [1.807, 2.05) is 11.3 Å². The first-order chi connectivity index (χ1) is 27.7. The summed E-state index contributed by atoms with van der Waals surface area (Å²) < 4.78 is 4.83. The molecule has 0 spiro atoms. The Bertz CT molecular complexity index is 3460. The minimum Gasteiger partial charge on any atom is -0.309 e. The number of para-hydroxylation sites is 1. The highest BCUT2D eigenvalue weighted by atomic mass is 32.1. The van der Waals surface area contributed by atoms with Gasteiger partial charge in [-0.1, -0.05) is 133 Å². The lowest BCUT2D eigenvalue weighted by Crippen LogP contribution is -2.00. The number of benzene rings is 9. The molecule has 0 unspecified atom stereocenters. The second-order valence-corrected chi connectivity index (χ2v) is 15.5. The Hall–Kier alpha value is -7.21. The molecule has 0 aliphatic heterocycles. The number of aromatic nitrogens is 4. The fourth-order valence-electron chi connectivity index (χ4n) is 8.48. The second kappa shape index (κ2) is 12.2. The van der Waals surface area contributed by atoms with Crippen LogP contribution in [-0.2, 0) is 0 Å². The molecule has 0 amide bonds. The maximum atomic E-state index is 5.23. The normalized spacial score (nSPS) is 11.9. The van der Waals surface area contributed by atoms with E-state index in [0.29, 0.717) is 17.5 Å². The van der Waals surface area contributed by atoms with Crippen LogP contribution in [0.15, 0.2) is 182 Å². The summed E-state index contributed by atoms with van der Waals surface area (Å²) >= 11 is 1.81. The zero-order valence-corrected chi connectivity index (χ0v) is 30.8. The quantitative estimate of drug-likeness (QED) is 0.181. The summed E-state index contributed by atoms with van der Waals surface area (Å²) in [7, 11) is 0. The van der Waals surface area contributed by atoms with Crippen molar-refractivity contribution in [2.45, 2.75) is 0 Å². The van der Waals surface area contributed by atoms with Crippen LogP contribution in [0.25, 0.3) is 114 Å². The largest absolute Gasteiger partial charge is 0.309 e. The number of thiophene rings is 1. The number of nitrogens with zero attached hydrogens (tertiary/aromatic N) is 4. The molecule has 12 rings (SSSR count). The molecule has 0 radical (unpaired) electrons. The van der Waals surface area contributed by atoms with Crippen LogP contribution in [-0.4, -0.2) is 19.5 Å². The molecule has 0 saturated carbocycles. The van der Waals surface area contributed by atoms with Gasteiger partial charge in [0.25, 0.3) is 0 Å². The monoisotopic (exact) mass is 730 g/mol. The van der Waals surface area contributed by atoms with E-state index in [9.17, 15) is 0 Å². The van der Waals surface area contributed by atoms with Gasteiger partial charge in [0.05, 0.1) is 11.0 Å². The van der Waals surface area contributed by atoms with Crippen molar-refractivity contribution in [3.63, 3.8) is 0 Å². The lowest BCUT2D eigenvalue weighted by molar-refractivity contribution is 1.08. The van der Waals surface area contributed by atoms with E-state index in [0.717, 1.165) is 38.5 Å². The highest BCUT2D eigenvalue weighted by molar-refractivity contribution is 7.26. The molecule has 0 bridgehead atoms. The van der Waals surface area contributed by atoms with E-state index in [2.05, 4.69) is 187 Å². The summed E-state index contributed by atoms with van der Waals surface area (Å²) in [4.78, 5) is 15.6. The third-order valence-electron chi connectivity index (χ3n) is 11.2. The van der Waals surface area contributed by atoms with E-state index in [-0.39, 0.29) is 0 Å². The van der Waals surface area contributed by atoms with Crippen molar-refractivity contribution in [2.24, 2.45) is 0 Å². The van der Waals surface area contributed by atoms with Gasteiger partial charge in [0.2, 0.25) is 0 Å². The van der Waals surface area contributed by atoms with Crippen molar-refractivity contribution in [3.05, 3.63) is 182 Å². The first-order valence-corrected chi connectivity index (χ1v) is 19.7. The van der Waals surface area contributed by atoms with Crippen LogP contribution in [0, 0.1) is 0 Å². The minimum atomic E-state index is 0.654. The molecule has 0 N–H and O–H groups in total. The van der Waals surface area contributed by atoms with Crippen LogP contribution in [0.1, 0.15) is 0 Å². The molecule has 12 aromatic rings. The van der Waals surface area contributed by atoms with Crippen molar-refractivity contribution < 1.29 is 0 Å². The van der Waals surface area contributed by atoms with Gasteiger partial charge in [-0.05, 0) is 80.8 Å². The summed E-state index contributed by atoms with van der Waals surface area (Å²) in [5.41, 5.74) is 6.46. The zero-order valence-electron chi connectivity index (χ0n) is 30.0. The van der Waals surface area contributed by atoms with Gasteiger partial charge in [0, 0.05) is 53.3 Å². The van der Waals surface area contributed by atoms with Crippen LogP contribution in [0.4, 0.5) is 0 Å². The van der Waals surface area contributed by atoms with E-state index in [1.54, 1.807) is 0 Å². The van der Waals surface area contributed by atoms with Gasteiger partial charge in [-0.15, -0.1) is 11.3 Å². The van der Waals surface area contributed by atoms with Crippen LogP contribution in [0.2, 0.25) is 0 Å². The molecule has 3 aromatic heterocycles. The predicted octanol–water partition coefficient (Wildman–Crippen LogP) is 13.8. The van der Waals surface area contributed by atoms with E-state index in [4.69, 9.17) is 15.0 Å². The molecule has 260 valence electrons. The van der Waals surface area contributed by atoms with Gasteiger partial charge >= 0.3 is 0 Å². The maximum Gasteiger partial charge on any atom is 0.164 e. The summed E-state index contributed by atoms with van der Waals surface area (Å²) in [6, 6.07) is 65.1. The Balaban J connectivity index is 1.06. The van der Waals surface area contributed by atoms with Gasteiger partial charge in [0.15, 0.2) is 17.5 Å². The fourth-order valence-corrected chi connectivity index (χ4v) is 9.65. The molecule has 9 aromatic carbocycles. The van der Waals surface area contributed by atoms with Crippen molar-refractivity contribution in [3.8, 4) is 39.9 Å². The number of fused-ring (bicyclic) bond motifs is 9. The Kier molecular flexibility index (Phi) is 6.76. The van der Waals surface area contributed by atoms with Crippen LogP contribution in [0.5, 0.6) is 0 Å². The average Bonchev–Trinajstić information content (AvgIpc) is 3.80. The minimum absolute atomic E-state index is 0.654. The van der Waals surface area contributed by atoms with Crippen molar-refractivity contribution in [1.29, 1.82) is 0 Å². The number of rotatable bonds is 4. The van der Waals surface area contributed by atoms with Gasteiger partial charge in [0.1, 0.15) is 0 Å². The Labute approximate surface area is 325 Å². The predicted molar refractivity (Wildman–Crippen MR) is 236 cm³/mol. The maximum absolute atomic E-state index is 5.23.